The van der Waals surface area contributed by atoms with E-state index < -0.39 is 6.10 Å². The highest BCUT2D eigenvalue weighted by atomic mass is 16.3. The number of benzene rings is 1. The Morgan fingerprint density at radius 1 is 1.50 bits per heavy atom. The number of aliphatic hydroxyl groups excluding tert-OH is 2. The van der Waals surface area contributed by atoms with Crippen LogP contribution in [0.1, 0.15) is 22.8 Å². The van der Waals surface area contributed by atoms with Crippen molar-refractivity contribution in [1.29, 1.82) is 0 Å². The molecular weight excluding hydrogens is 230 g/mol. The van der Waals surface area contributed by atoms with Crippen LogP contribution in [0.4, 0.5) is 0 Å². The van der Waals surface area contributed by atoms with Gasteiger partial charge in [-0.3, -0.25) is 4.79 Å². The topological polar surface area (TPSA) is 60.8 Å². The highest BCUT2D eigenvalue weighted by Gasteiger charge is 2.13. The summed E-state index contributed by atoms with van der Waals surface area (Å²) in [4.78, 5) is 13.5. The molecule has 0 aliphatic heterocycles. The molecule has 1 aromatic rings. The van der Waals surface area contributed by atoms with Gasteiger partial charge in [-0.1, -0.05) is 17.9 Å². The molecule has 0 spiro atoms. The third kappa shape index (κ3) is 4.21. The average molecular weight is 247 g/mol. The first-order valence-corrected chi connectivity index (χ1v) is 5.68. The molecule has 0 aliphatic rings. The highest BCUT2D eigenvalue weighted by Crippen LogP contribution is 2.07. The van der Waals surface area contributed by atoms with Crippen molar-refractivity contribution in [3.05, 3.63) is 35.4 Å². The van der Waals surface area contributed by atoms with Gasteiger partial charge in [-0.15, -0.1) is 0 Å². The zero-order valence-corrected chi connectivity index (χ0v) is 10.6. The van der Waals surface area contributed by atoms with E-state index in [1.807, 2.05) is 0 Å². The van der Waals surface area contributed by atoms with Crippen LogP contribution in [-0.2, 0) is 0 Å². The van der Waals surface area contributed by atoms with Crippen molar-refractivity contribution in [2.24, 2.45) is 0 Å². The Hall–Kier alpha value is -1.83. The van der Waals surface area contributed by atoms with Crippen LogP contribution >= 0.6 is 0 Å². The summed E-state index contributed by atoms with van der Waals surface area (Å²) in [6, 6.07) is 6.88. The Morgan fingerprint density at radius 3 is 2.83 bits per heavy atom. The Bertz CT molecular complexity index is 471. The molecule has 1 rings (SSSR count). The Labute approximate surface area is 107 Å². The molecule has 0 heterocycles. The number of rotatable bonds is 3. The number of hydrogen-bond donors (Lipinski definition) is 2. The van der Waals surface area contributed by atoms with Crippen LogP contribution in [-0.4, -0.2) is 47.3 Å². The zero-order valence-electron chi connectivity index (χ0n) is 10.6. The van der Waals surface area contributed by atoms with E-state index in [2.05, 4.69) is 11.8 Å². The molecule has 4 nitrogen and oxygen atoms in total. The number of hydrogen-bond acceptors (Lipinski definition) is 3. The smallest absolute Gasteiger partial charge is 0.253 e. The Morgan fingerprint density at radius 2 is 2.22 bits per heavy atom. The lowest BCUT2D eigenvalue weighted by molar-refractivity contribution is 0.0703. The zero-order chi connectivity index (χ0) is 13.5. The van der Waals surface area contributed by atoms with Gasteiger partial charge in [-0.2, -0.15) is 0 Å². The summed E-state index contributed by atoms with van der Waals surface area (Å²) in [7, 11) is 1.64. The van der Waals surface area contributed by atoms with Crippen LogP contribution in [0.25, 0.3) is 0 Å². The first kappa shape index (κ1) is 14.2. The van der Waals surface area contributed by atoms with Crippen LogP contribution in [0, 0.1) is 11.8 Å². The van der Waals surface area contributed by atoms with E-state index in [0.29, 0.717) is 11.1 Å². The second-order valence-electron chi connectivity index (χ2n) is 4.08. The molecule has 1 amide bonds. The van der Waals surface area contributed by atoms with Crippen molar-refractivity contribution < 1.29 is 15.0 Å². The maximum absolute atomic E-state index is 12.0. The van der Waals surface area contributed by atoms with Gasteiger partial charge in [0.05, 0.1) is 6.10 Å². The van der Waals surface area contributed by atoms with Gasteiger partial charge < -0.3 is 15.1 Å². The van der Waals surface area contributed by atoms with Crippen molar-refractivity contribution in [2.45, 2.75) is 13.0 Å². The van der Waals surface area contributed by atoms with E-state index in [-0.39, 0.29) is 19.1 Å². The van der Waals surface area contributed by atoms with Crippen LogP contribution < -0.4 is 0 Å². The molecule has 2 N–H and O–H groups in total. The summed E-state index contributed by atoms with van der Waals surface area (Å²) in [6.07, 6.45) is -0.559. The predicted molar refractivity (Wildman–Crippen MR) is 69.0 cm³/mol. The monoisotopic (exact) mass is 247 g/mol. The van der Waals surface area contributed by atoms with Crippen LogP contribution in [0.15, 0.2) is 24.3 Å². The molecular formula is C14H17NO3. The lowest BCUT2D eigenvalue weighted by atomic mass is 10.1. The van der Waals surface area contributed by atoms with E-state index in [9.17, 15) is 9.90 Å². The lowest BCUT2D eigenvalue weighted by Crippen LogP contribution is -2.33. The van der Waals surface area contributed by atoms with E-state index in [1.165, 1.54) is 4.90 Å². The Balaban J connectivity index is 2.86. The molecule has 0 saturated carbocycles. The van der Waals surface area contributed by atoms with Crippen LogP contribution in [0.3, 0.4) is 0 Å². The SMILES string of the molecule is CC(O)CN(C)C(=O)c1cccc(C#CCO)c1. The predicted octanol–water partition coefficient (Wildman–Crippen LogP) is 0.483. The fraction of sp³-hybridized carbons (Fsp3) is 0.357. The molecule has 0 aliphatic carbocycles. The summed E-state index contributed by atoms with van der Waals surface area (Å²) >= 11 is 0. The molecule has 96 valence electrons. The van der Waals surface area contributed by atoms with Gasteiger partial charge in [0.15, 0.2) is 0 Å². The standard InChI is InChI=1S/C14H17NO3/c1-11(17)10-15(2)14(18)13-7-3-5-12(9-13)6-4-8-16/h3,5,7,9,11,16-17H,8,10H2,1-2H3. The molecule has 1 aromatic carbocycles. The maximum atomic E-state index is 12.0. The number of carbonyl (C=O) groups excluding carboxylic acids is 1. The quantitative estimate of drug-likeness (QED) is 0.764. The first-order chi connectivity index (χ1) is 8.54. The molecule has 18 heavy (non-hydrogen) atoms. The second-order valence-corrected chi connectivity index (χ2v) is 4.08. The van der Waals surface area contributed by atoms with Gasteiger partial charge in [0, 0.05) is 24.7 Å². The normalized spacial score (nSPS) is 11.3. The number of amides is 1. The molecule has 1 unspecified atom stereocenters. The fourth-order valence-electron chi connectivity index (χ4n) is 1.57. The van der Waals surface area contributed by atoms with Crippen LogP contribution in [0.5, 0.6) is 0 Å². The summed E-state index contributed by atoms with van der Waals surface area (Å²) in [5.74, 6) is 5.12. The molecule has 1 atom stereocenters. The number of aliphatic hydroxyl groups is 2. The van der Waals surface area contributed by atoms with Crippen molar-refractivity contribution in [1.82, 2.24) is 4.90 Å². The molecule has 0 radical (unpaired) electrons. The summed E-state index contributed by atoms with van der Waals surface area (Å²) in [5, 5.41) is 17.9. The van der Waals surface area contributed by atoms with E-state index in [1.54, 1.807) is 38.2 Å². The molecule has 0 saturated heterocycles. The lowest BCUT2D eigenvalue weighted by Gasteiger charge is -2.18. The van der Waals surface area contributed by atoms with E-state index in [0.717, 1.165) is 0 Å². The van der Waals surface area contributed by atoms with Crippen molar-refractivity contribution >= 4 is 5.91 Å². The fourth-order valence-corrected chi connectivity index (χ4v) is 1.57. The molecule has 4 heteroatoms. The third-order valence-electron chi connectivity index (χ3n) is 2.31. The largest absolute Gasteiger partial charge is 0.392 e. The van der Waals surface area contributed by atoms with Gasteiger partial charge in [0.1, 0.15) is 6.61 Å². The molecule has 0 aromatic heterocycles. The van der Waals surface area contributed by atoms with Gasteiger partial charge in [-0.05, 0) is 25.1 Å². The van der Waals surface area contributed by atoms with Crippen molar-refractivity contribution in [3.8, 4) is 11.8 Å². The maximum Gasteiger partial charge on any atom is 0.253 e. The average Bonchev–Trinajstić information content (AvgIpc) is 2.35. The van der Waals surface area contributed by atoms with Gasteiger partial charge >= 0.3 is 0 Å². The Kier molecular flexibility index (Phi) is 5.37. The summed E-state index contributed by atoms with van der Waals surface area (Å²) < 4.78 is 0. The van der Waals surface area contributed by atoms with Gasteiger partial charge in [-0.25, -0.2) is 0 Å². The first-order valence-electron chi connectivity index (χ1n) is 5.68. The molecule has 0 fully saturated rings. The van der Waals surface area contributed by atoms with Gasteiger partial charge in [0.2, 0.25) is 0 Å². The summed E-state index contributed by atoms with van der Waals surface area (Å²) in [5.41, 5.74) is 1.20. The number of carbonyl (C=O) groups is 1. The van der Waals surface area contributed by atoms with E-state index >= 15 is 0 Å². The minimum atomic E-state index is -0.559. The molecule has 0 bridgehead atoms. The van der Waals surface area contributed by atoms with Gasteiger partial charge in [0.25, 0.3) is 5.91 Å². The van der Waals surface area contributed by atoms with Crippen molar-refractivity contribution in [2.75, 3.05) is 20.2 Å². The second kappa shape index (κ2) is 6.80. The van der Waals surface area contributed by atoms with Crippen LogP contribution in [0.2, 0.25) is 0 Å². The van der Waals surface area contributed by atoms with E-state index in [4.69, 9.17) is 5.11 Å². The number of nitrogens with zero attached hydrogens (tertiary/aromatic N) is 1. The minimum absolute atomic E-state index is 0.163. The highest BCUT2D eigenvalue weighted by molar-refractivity contribution is 5.94. The summed E-state index contributed by atoms with van der Waals surface area (Å²) in [6.45, 7) is 1.71. The third-order valence-corrected chi connectivity index (χ3v) is 2.31. The van der Waals surface area contributed by atoms with Crippen molar-refractivity contribution in [3.63, 3.8) is 0 Å². The number of likely N-dealkylation sites (N-methyl/N-ethyl adjacent to an activating group) is 1. The minimum Gasteiger partial charge on any atom is -0.392 e.